The number of carboxylic acids is 2. The summed E-state index contributed by atoms with van der Waals surface area (Å²) in [4.78, 5) is 22.9. The van der Waals surface area contributed by atoms with Gasteiger partial charge in [-0.15, -0.1) is 23.5 Å². The molecule has 0 aliphatic rings. The molecule has 0 unspecified atom stereocenters. The van der Waals surface area contributed by atoms with Crippen LogP contribution in [0.4, 0.5) is 0 Å². The average molecular weight is 258 g/mol. The zero-order valence-electron chi connectivity index (χ0n) is 8.68. The van der Waals surface area contributed by atoms with Gasteiger partial charge in [0.25, 0.3) is 0 Å². The lowest BCUT2D eigenvalue weighted by Crippen LogP contribution is -2.05. The Labute approximate surface area is 101 Å². The molecule has 1 aromatic rings. The fraction of sp³-hybridized carbons (Fsp3) is 0.200. The van der Waals surface area contributed by atoms with Crippen molar-refractivity contribution in [3.8, 4) is 0 Å². The van der Waals surface area contributed by atoms with E-state index in [2.05, 4.69) is 0 Å². The fourth-order valence-electron chi connectivity index (χ4n) is 1.30. The lowest BCUT2D eigenvalue weighted by atomic mass is 10.1. The van der Waals surface area contributed by atoms with Gasteiger partial charge < -0.3 is 10.2 Å². The molecule has 0 aliphatic carbocycles. The monoisotopic (exact) mass is 258 g/mol. The number of hydrogen-bond acceptors (Lipinski definition) is 4. The van der Waals surface area contributed by atoms with Crippen LogP contribution in [-0.2, 0) is 0 Å². The van der Waals surface area contributed by atoms with Crippen LogP contribution in [0.2, 0.25) is 0 Å². The van der Waals surface area contributed by atoms with E-state index in [0.29, 0.717) is 9.79 Å². The first kappa shape index (κ1) is 12.9. The smallest absolute Gasteiger partial charge is 0.336 e. The maximum absolute atomic E-state index is 11.0. The summed E-state index contributed by atoms with van der Waals surface area (Å²) in [5.41, 5.74) is 0.281. The second-order valence-electron chi connectivity index (χ2n) is 2.84. The standard InChI is InChI=1S/C10H10O4S2/c1-15-7-5(9(11)12)3-4-6(10(13)14)8(7)16-2/h3-4H,1-2H3,(H,11,12)(H,13,14). The lowest BCUT2D eigenvalue weighted by molar-refractivity contribution is 0.0674. The molecule has 0 saturated carbocycles. The zero-order valence-corrected chi connectivity index (χ0v) is 10.3. The normalized spacial score (nSPS) is 10.1. The molecule has 1 aromatic carbocycles. The molecule has 0 aliphatic heterocycles. The van der Waals surface area contributed by atoms with Crippen molar-refractivity contribution in [2.24, 2.45) is 0 Å². The minimum atomic E-state index is -1.04. The third-order valence-corrected chi connectivity index (χ3v) is 3.77. The van der Waals surface area contributed by atoms with E-state index >= 15 is 0 Å². The van der Waals surface area contributed by atoms with Crippen LogP contribution in [0.1, 0.15) is 20.7 Å². The molecule has 6 heteroatoms. The van der Waals surface area contributed by atoms with Gasteiger partial charge in [-0.25, -0.2) is 9.59 Å². The molecule has 0 amide bonds. The van der Waals surface area contributed by atoms with Crippen molar-refractivity contribution in [3.63, 3.8) is 0 Å². The third-order valence-electron chi connectivity index (χ3n) is 1.98. The first-order valence-electron chi connectivity index (χ1n) is 4.24. The molecule has 0 bridgehead atoms. The Bertz CT molecular complexity index is 402. The molecular formula is C10H10O4S2. The largest absolute Gasteiger partial charge is 0.478 e. The van der Waals surface area contributed by atoms with Gasteiger partial charge in [0.1, 0.15) is 0 Å². The van der Waals surface area contributed by atoms with Crippen LogP contribution < -0.4 is 0 Å². The van der Waals surface area contributed by atoms with Gasteiger partial charge in [0.15, 0.2) is 0 Å². The SMILES string of the molecule is CSc1c(C(=O)O)ccc(C(=O)O)c1SC. The first-order valence-corrected chi connectivity index (χ1v) is 6.69. The van der Waals surface area contributed by atoms with Crippen LogP contribution in [0, 0.1) is 0 Å². The van der Waals surface area contributed by atoms with E-state index in [1.807, 2.05) is 0 Å². The van der Waals surface area contributed by atoms with Gasteiger partial charge in [0.05, 0.1) is 11.1 Å². The van der Waals surface area contributed by atoms with Gasteiger partial charge >= 0.3 is 11.9 Å². The Morgan fingerprint density at radius 2 is 1.25 bits per heavy atom. The van der Waals surface area contributed by atoms with Crippen LogP contribution in [-0.4, -0.2) is 34.7 Å². The molecule has 0 atom stereocenters. The Balaban J connectivity index is 3.52. The summed E-state index contributed by atoms with van der Waals surface area (Å²) in [6.07, 6.45) is 3.46. The Hall–Kier alpha value is -1.14. The Morgan fingerprint density at radius 1 is 0.938 bits per heavy atom. The highest BCUT2D eigenvalue weighted by Crippen LogP contribution is 2.34. The number of carboxylic acid groups (broad SMARTS) is 2. The molecule has 0 saturated heterocycles. The van der Waals surface area contributed by atoms with E-state index in [1.165, 1.54) is 35.7 Å². The molecule has 16 heavy (non-hydrogen) atoms. The number of rotatable bonds is 4. The topological polar surface area (TPSA) is 74.6 Å². The van der Waals surface area contributed by atoms with E-state index in [9.17, 15) is 9.59 Å². The molecule has 1 rings (SSSR count). The van der Waals surface area contributed by atoms with Crippen molar-refractivity contribution in [2.45, 2.75) is 9.79 Å². The highest BCUT2D eigenvalue weighted by molar-refractivity contribution is 8.01. The van der Waals surface area contributed by atoms with E-state index in [-0.39, 0.29) is 11.1 Å². The number of thioether (sulfide) groups is 2. The van der Waals surface area contributed by atoms with Gasteiger partial charge in [-0.3, -0.25) is 0 Å². The summed E-state index contributed by atoms with van der Waals surface area (Å²) in [5, 5.41) is 18.0. The maximum atomic E-state index is 11.0. The number of hydrogen-bond donors (Lipinski definition) is 2. The molecule has 0 spiro atoms. The zero-order chi connectivity index (χ0) is 12.3. The predicted molar refractivity (Wildman–Crippen MR) is 63.9 cm³/mol. The summed E-state index contributed by atoms with van der Waals surface area (Å²) < 4.78 is 0. The summed E-state index contributed by atoms with van der Waals surface area (Å²) in [7, 11) is 0. The minimum absolute atomic E-state index is 0.141. The van der Waals surface area contributed by atoms with Gasteiger partial charge in [0.2, 0.25) is 0 Å². The molecule has 2 N–H and O–H groups in total. The summed E-state index contributed by atoms with van der Waals surface area (Å²) in [5.74, 6) is -2.09. The first-order chi connectivity index (χ1) is 7.52. The predicted octanol–water partition coefficient (Wildman–Crippen LogP) is 2.53. The van der Waals surface area contributed by atoms with Crippen molar-refractivity contribution in [1.82, 2.24) is 0 Å². The summed E-state index contributed by atoms with van der Waals surface area (Å²) in [6, 6.07) is 2.66. The minimum Gasteiger partial charge on any atom is -0.478 e. The lowest BCUT2D eigenvalue weighted by Gasteiger charge is -2.11. The van der Waals surface area contributed by atoms with Crippen molar-refractivity contribution in [3.05, 3.63) is 23.3 Å². The van der Waals surface area contributed by atoms with Gasteiger partial charge in [-0.2, -0.15) is 0 Å². The molecule has 0 aromatic heterocycles. The molecule has 86 valence electrons. The van der Waals surface area contributed by atoms with Crippen molar-refractivity contribution in [1.29, 1.82) is 0 Å². The Kier molecular flexibility index (Phi) is 4.26. The van der Waals surface area contributed by atoms with E-state index in [1.54, 1.807) is 12.5 Å². The van der Waals surface area contributed by atoms with Crippen LogP contribution in [0.25, 0.3) is 0 Å². The van der Waals surface area contributed by atoms with E-state index in [0.717, 1.165) is 0 Å². The second kappa shape index (κ2) is 5.27. The Morgan fingerprint density at radius 3 is 1.44 bits per heavy atom. The molecule has 0 radical (unpaired) electrons. The van der Waals surface area contributed by atoms with Crippen LogP contribution >= 0.6 is 23.5 Å². The number of benzene rings is 1. The third kappa shape index (κ3) is 2.33. The highest BCUT2D eigenvalue weighted by atomic mass is 32.2. The summed E-state index contributed by atoms with van der Waals surface area (Å²) in [6.45, 7) is 0. The van der Waals surface area contributed by atoms with Crippen molar-refractivity contribution < 1.29 is 19.8 Å². The fourth-order valence-corrected chi connectivity index (χ4v) is 3.15. The van der Waals surface area contributed by atoms with E-state index in [4.69, 9.17) is 10.2 Å². The van der Waals surface area contributed by atoms with Gasteiger partial charge in [-0.1, -0.05) is 0 Å². The van der Waals surface area contributed by atoms with Crippen molar-refractivity contribution >= 4 is 35.5 Å². The van der Waals surface area contributed by atoms with Crippen LogP contribution in [0.3, 0.4) is 0 Å². The van der Waals surface area contributed by atoms with Gasteiger partial charge in [0, 0.05) is 9.79 Å². The highest BCUT2D eigenvalue weighted by Gasteiger charge is 2.19. The van der Waals surface area contributed by atoms with Crippen LogP contribution in [0.5, 0.6) is 0 Å². The second-order valence-corrected chi connectivity index (χ2v) is 4.47. The number of carbonyl (C=O) groups is 2. The molecule has 0 heterocycles. The number of aromatic carboxylic acids is 2. The van der Waals surface area contributed by atoms with Crippen molar-refractivity contribution in [2.75, 3.05) is 12.5 Å². The summed E-state index contributed by atoms with van der Waals surface area (Å²) >= 11 is 2.48. The van der Waals surface area contributed by atoms with Gasteiger partial charge in [-0.05, 0) is 24.6 Å². The molecule has 4 nitrogen and oxygen atoms in total. The molecular weight excluding hydrogens is 248 g/mol. The van der Waals surface area contributed by atoms with Crippen LogP contribution in [0.15, 0.2) is 21.9 Å². The quantitative estimate of drug-likeness (QED) is 0.808. The average Bonchev–Trinajstić information content (AvgIpc) is 2.26. The van der Waals surface area contributed by atoms with E-state index < -0.39 is 11.9 Å². The molecule has 0 fully saturated rings. The maximum Gasteiger partial charge on any atom is 0.336 e.